The molecule has 0 aliphatic rings. The Morgan fingerprint density at radius 2 is 1.59 bits per heavy atom. The van der Waals surface area contributed by atoms with E-state index in [1.807, 2.05) is 12.2 Å². The van der Waals surface area contributed by atoms with Crippen LogP contribution in [0.1, 0.15) is 83.6 Å². The van der Waals surface area contributed by atoms with Gasteiger partial charge in [0.05, 0.1) is 19.0 Å². The van der Waals surface area contributed by atoms with E-state index < -0.39 is 0 Å². The molecule has 1 aromatic carbocycles. The summed E-state index contributed by atoms with van der Waals surface area (Å²) >= 11 is 0. The maximum absolute atomic E-state index is 8.95. The highest BCUT2D eigenvalue weighted by atomic mass is 16.5. The van der Waals surface area contributed by atoms with E-state index in [1.165, 1.54) is 51.4 Å². The summed E-state index contributed by atoms with van der Waals surface area (Å²) in [5.74, 6) is 1.28. The summed E-state index contributed by atoms with van der Waals surface area (Å²) in [4.78, 5) is 0. The van der Waals surface area contributed by atoms with Gasteiger partial charge in [-0.25, -0.2) is 0 Å². The second kappa shape index (κ2) is 20.7. The Balaban J connectivity index is 0.000000717. The van der Waals surface area contributed by atoms with E-state index in [4.69, 9.17) is 14.9 Å². The van der Waals surface area contributed by atoms with Crippen LogP contribution in [0.4, 0.5) is 0 Å². The number of para-hydroxylation sites is 1. The van der Waals surface area contributed by atoms with Crippen molar-refractivity contribution < 1.29 is 14.9 Å². The molecule has 0 aliphatic heterocycles. The first kappa shape index (κ1) is 27.0. The van der Waals surface area contributed by atoms with Crippen molar-refractivity contribution >= 4 is 0 Å². The van der Waals surface area contributed by atoms with Crippen LogP contribution in [0.15, 0.2) is 60.9 Å². The summed E-state index contributed by atoms with van der Waals surface area (Å²) < 4.78 is 5.85. The molecule has 0 atom stereocenters. The fourth-order valence-electron chi connectivity index (χ4n) is 2.69. The number of aliphatic hydroxyl groups is 1. The molecule has 2 N–H and O–H groups in total. The third-order valence-corrected chi connectivity index (χ3v) is 4.50. The number of aliphatic hydroxyl groups excluding tert-OH is 1. The van der Waals surface area contributed by atoms with E-state index >= 15 is 0 Å². The fourth-order valence-corrected chi connectivity index (χ4v) is 2.69. The molecular weight excluding hydrogens is 360 g/mol. The minimum Gasteiger partial charge on any atom is -0.508 e. The van der Waals surface area contributed by atoms with Crippen LogP contribution in [-0.2, 0) is 11.3 Å². The zero-order valence-corrected chi connectivity index (χ0v) is 18.6. The molecular formula is C26H42O3. The largest absolute Gasteiger partial charge is 0.508 e. The fraction of sp³-hybridized carbons (Fsp3) is 0.538. The number of rotatable bonds is 15. The molecule has 0 radical (unpaired) electrons. The van der Waals surface area contributed by atoms with Crippen molar-refractivity contribution in [1.29, 1.82) is 0 Å². The molecule has 0 fully saturated rings. The lowest BCUT2D eigenvalue weighted by Crippen LogP contribution is -1.95. The number of allylic oxidation sites excluding steroid dienone is 5. The summed E-state index contributed by atoms with van der Waals surface area (Å²) in [5, 5.41) is 17.5. The van der Waals surface area contributed by atoms with Crippen LogP contribution in [0.2, 0.25) is 0 Å². The normalized spacial score (nSPS) is 11.2. The van der Waals surface area contributed by atoms with Crippen LogP contribution in [0.3, 0.4) is 0 Å². The predicted octanol–water partition coefficient (Wildman–Crippen LogP) is 7.45. The van der Waals surface area contributed by atoms with Gasteiger partial charge in [-0.1, -0.05) is 102 Å². The van der Waals surface area contributed by atoms with Crippen LogP contribution in [0.25, 0.3) is 0 Å². The SMILES string of the molecule is C=C/C=C/C=C(/CCCCCCCCC)OCCCC.OCc1ccccc1O. The Morgan fingerprint density at radius 3 is 2.17 bits per heavy atom. The highest BCUT2D eigenvalue weighted by Crippen LogP contribution is 2.15. The molecule has 0 heterocycles. The summed E-state index contributed by atoms with van der Waals surface area (Å²) in [6.45, 7) is 8.89. The Labute approximate surface area is 178 Å². The number of unbranched alkanes of at least 4 members (excludes halogenated alkanes) is 7. The van der Waals surface area contributed by atoms with E-state index in [2.05, 4.69) is 26.5 Å². The highest BCUT2D eigenvalue weighted by molar-refractivity contribution is 5.30. The quantitative estimate of drug-likeness (QED) is 0.182. The van der Waals surface area contributed by atoms with E-state index in [0.717, 1.165) is 25.2 Å². The molecule has 3 heteroatoms. The summed E-state index contributed by atoms with van der Waals surface area (Å²) in [6.07, 6.45) is 20.7. The van der Waals surface area contributed by atoms with Crippen molar-refractivity contribution in [3.8, 4) is 5.75 Å². The molecule has 0 bridgehead atoms. The van der Waals surface area contributed by atoms with Gasteiger partial charge in [0.2, 0.25) is 0 Å². The first-order valence-electron chi connectivity index (χ1n) is 11.2. The van der Waals surface area contributed by atoms with Gasteiger partial charge in [0.1, 0.15) is 5.75 Å². The van der Waals surface area contributed by atoms with Crippen molar-refractivity contribution in [2.75, 3.05) is 6.61 Å². The van der Waals surface area contributed by atoms with Crippen molar-refractivity contribution in [2.24, 2.45) is 0 Å². The first-order chi connectivity index (χ1) is 14.2. The first-order valence-corrected chi connectivity index (χ1v) is 11.2. The number of benzene rings is 1. The van der Waals surface area contributed by atoms with Crippen LogP contribution >= 0.6 is 0 Å². The van der Waals surface area contributed by atoms with Crippen molar-refractivity contribution in [3.05, 3.63) is 66.5 Å². The van der Waals surface area contributed by atoms with E-state index in [0.29, 0.717) is 5.56 Å². The van der Waals surface area contributed by atoms with Gasteiger partial charge in [-0.15, -0.1) is 0 Å². The Hall–Kier alpha value is -2.00. The minimum absolute atomic E-state index is 0.104. The van der Waals surface area contributed by atoms with Crippen LogP contribution in [0.5, 0.6) is 5.75 Å². The van der Waals surface area contributed by atoms with E-state index in [-0.39, 0.29) is 12.4 Å². The highest BCUT2D eigenvalue weighted by Gasteiger charge is 1.98. The average molecular weight is 403 g/mol. The molecule has 3 nitrogen and oxygen atoms in total. The molecule has 29 heavy (non-hydrogen) atoms. The van der Waals surface area contributed by atoms with Gasteiger partial charge in [-0.2, -0.15) is 0 Å². The second-order valence-corrected chi connectivity index (χ2v) is 7.11. The van der Waals surface area contributed by atoms with Crippen molar-refractivity contribution in [3.63, 3.8) is 0 Å². The van der Waals surface area contributed by atoms with Gasteiger partial charge in [0, 0.05) is 12.0 Å². The molecule has 0 amide bonds. The zero-order valence-electron chi connectivity index (χ0n) is 18.6. The number of aromatic hydroxyl groups is 1. The summed E-state index contributed by atoms with van der Waals surface area (Å²) in [7, 11) is 0. The van der Waals surface area contributed by atoms with Crippen LogP contribution in [0, 0.1) is 0 Å². The van der Waals surface area contributed by atoms with Gasteiger partial charge in [0.25, 0.3) is 0 Å². The van der Waals surface area contributed by atoms with Gasteiger partial charge >= 0.3 is 0 Å². The van der Waals surface area contributed by atoms with E-state index in [9.17, 15) is 0 Å². The average Bonchev–Trinajstić information content (AvgIpc) is 2.74. The standard InChI is InChI=1S/C19H34O.C7H8O2/c1-4-7-10-11-12-13-15-17-19(16-14-8-5-2)20-18-9-6-3;8-5-6-3-1-2-4-7(6)9/h5,8,14,16H,2,4,6-7,9-13,15,17-18H2,1,3H3;1-4,8-9H,5H2/b14-8+,19-16-;. The number of phenols is 1. The molecule has 1 rings (SSSR count). The van der Waals surface area contributed by atoms with Gasteiger partial charge in [-0.3, -0.25) is 0 Å². The third kappa shape index (κ3) is 16.6. The zero-order chi connectivity index (χ0) is 21.6. The molecule has 0 aliphatic carbocycles. The maximum atomic E-state index is 8.95. The lowest BCUT2D eigenvalue weighted by atomic mass is 10.1. The molecule has 0 aromatic heterocycles. The lowest BCUT2D eigenvalue weighted by Gasteiger charge is -2.09. The Kier molecular flexibility index (Phi) is 19.3. The number of hydrogen-bond donors (Lipinski definition) is 2. The Bertz CT molecular complexity index is 561. The molecule has 164 valence electrons. The Morgan fingerprint density at radius 1 is 0.931 bits per heavy atom. The van der Waals surface area contributed by atoms with Gasteiger partial charge in [0.15, 0.2) is 0 Å². The molecule has 0 saturated heterocycles. The molecule has 0 unspecified atom stereocenters. The summed E-state index contributed by atoms with van der Waals surface area (Å²) in [5.41, 5.74) is 0.567. The van der Waals surface area contributed by atoms with Gasteiger partial charge in [-0.05, 0) is 25.0 Å². The van der Waals surface area contributed by atoms with Gasteiger partial charge < -0.3 is 14.9 Å². The summed E-state index contributed by atoms with van der Waals surface area (Å²) in [6, 6.07) is 6.71. The van der Waals surface area contributed by atoms with Crippen molar-refractivity contribution in [2.45, 2.75) is 84.7 Å². The van der Waals surface area contributed by atoms with Crippen molar-refractivity contribution in [1.82, 2.24) is 0 Å². The second-order valence-electron chi connectivity index (χ2n) is 7.11. The smallest absolute Gasteiger partial charge is 0.121 e. The topological polar surface area (TPSA) is 49.7 Å². The van der Waals surface area contributed by atoms with Crippen LogP contribution in [-0.4, -0.2) is 16.8 Å². The predicted molar refractivity (Wildman–Crippen MR) is 125 cm³/mol. The molecule has 0 saturated carbocycles. The lowest BCUT2D eigenvalue weighted by molar-refractivity contribution is 0.196. The minimum atomic E-state index is -0.104. The van der Waals surface area contributed by atoms with E-state index in [1.54, 1.807) is 30.3 Å². The monoisotopic (exact) mass is 402 g/mol. The molecule has 1 aromatic rings. The third-order valence-electron chi connectivity index (χ3n) is 4.50. The molecule has 0 spiro atoms. The number of hydrogen-bond acceptors (Lipinski definition) is 3. The number of ether oxygens (including phenoxy) is 1. The maximum Gasteiger partial charge on any atom is 0.121 e. The van der Waals surface area contributed by atoms with Crippen LogP contribution < -0.4 is 0 Å².